The van der Waals surface area contributed by atoms with Crippen LogP contribution in [0.1, 0.15) is 0 Å². The number of hydrogen-bond acceptors (Lipinski definition) is 6. The van der Waals surface area contributed by atoms with E-state index >= 15 is 0 Å². The lowest BCUT2D eigenvalue weighted by Gasteiger charge is -2.08. The number of benzene rings is 3. The molecule has 0 aliphatic carbocycles. The molecule has 0 spiro atoms. The van der Waals surface area contributed by atoms with Gasteiger partial charge in [-0.25, -0.2) is 4.98 Å². The quantitative estimate of drug-likeness (QED) is 0.364. The average molecular weight is 405 g/mol. The van der Waals surface area contributed by atoms with Crippen molar-refractivity contribution in [1.82, 2.24) is 4.98 Å². The first-order valence-corrected chi connectivity index (χ1v) is 9.53. The van der Waals surface area contributed by atoms with E-state index in [0.29, 0.717) is 10.9 Å². The second-order valence-electron chi connectivity index (χ2n) is 6.15. The number of aromatic nitrogens is 1. The number of fused-ring (bicyclic) bond motifs is 1. The van der Waals surface area contributed by atoms with E-state index in [4.69, 9.17) is 4.74 Å². The second-order valence-corrected chi connectivity index (χ2v) is 7.18. The van der Waals surface area contributed by atoms with E-state index in [-0.39, 0.29) is 18.2 Å². The SMILES string of the molecule is O=C(COc1cccc2ccccc12)Nc1ncc(-c2ccc([N+](=O)[O-])cc2)s1. The van der Waals surface area contributed by atoms with Crippen molar-refractivity contribution < 1.29 is 14.5 Å². The lowest BCUT2D eigenvalue weighted by Crippen LogP contribution is -2.20. The number of rotatable bonds is 6. The summed E-state index contributed by atoms with van der Waals surface area (Å²) < 4.78 is 5.68. The number of carbonyl (C=O) groups excluding carboxylic acids is 1. The maximum Gasteiger partial charge on any atom is 0.269 e. The number of nitro benzene ring substituents is 1. The summed E-state index contributed by atoms with van der Waals surface area (Å²) in [4.78, 5) is 27.5. The third-order valence-corrected chi connectivity index (χ3v) is 5.18. The van der Waals surface area contributed by atoms with Crippen molar-refractivity contribution in [3.63, 3.8) is 0 Å². The number of ether oxygens (including phenoxy) is 1. The molecule has 0 atom stereocenters. The molecule has 3 aromatic carbocycles. The van der Waals surface area contributed by atoms with Crippen LogP contribution in [0.5, 0.6) is 5.75 Å². The van der Waals surface area contributed by atoms with Crippen LogP contribution in [0.3, 0.4) is 0 Å². The molecule has 1 heterocycles. The zero-order chi connectivity index (χ0) is 20.2. The number of carbonyl (C=O) groups is 1. The van der Waals surface area contributed by atoms with Crippen molar-refractivity contribution in [2.45, 2.75) is 0 Å². The second kappa shape index (κ2) is 8.07. The molecule has 0 radical (unpaired) electrons. The molecular weight excluding hydrogens is 390 g/mol. The first-order chi connectivity index (χ1) is 14.1. The van der Waals surface area contributed by atoms with Crippen LogP contribution in [0.2, 0.25) is 0 Å². The number of thiazole rings is 1. The summed E-state index contributed by atoms with van der Waals surface area (Å²) in [5, 5.41) is 15.9. The Morgan fingerprint density at radius 3 is 2.62 bits per heavy atom. The van der Waals surface area contributed by atoms with Crippen LogP contribution >= 0.6 is 11.3 Å². The Hall–Kier alpha value is -3.78. The minimum atomic E-state index is -0.446. The summed E-state index contributed by atoms with van der Waals surface area (Å²) in [5.74, 6) is 0.325. The van der Waals surface area contributed by atoms with E-state index in [2.05, 4.69) is 10.3 Å². The van der Waals surface area contributed by atoms with Gasteiger partial charge in [-0.2, -0.15) is 0 Å². The highest BCUT2D eigenvalue weighted by Crippen LogP contribution is 2.30. The van der Waals surface area contributed by atoms with Crippen molar-refractivity contribution in [3.05, 3.63) is 83.0 Å². The molecule has 0 saturated heterocycles. The lowest BCUT2D eigenvalue weighted by atomic mass is 10.1. The normalized spacial score (nSPS) is 10.6. The average Bonchev–Trinajstić information content (AvgIpc) is 3.20. The summed E-state index contributed by atoms with van der Waals surface area (Å²) in [6.07, 6.45) is 1.62. The zero-order valence-electron chi connectivity index (χ0n) is 15.1. The van der Waals surface area contributed by atoms with Gasteiger partial charge in [0, 0.05) is 23.7 Å². The maximum absolute atomic E-state index is 12.2. The van der Waals surface area contributed by atoms with Gasteiger partial charge in [-0.15, -0.1) is 0 Å². The number of hydrogen-bond donors (Lipinski definition) is 1. The first-order valence-electron chi connectivity index (χ1n) is 8.71. The Kier molecular flexibility index (Phi) is 5.17. The van der Waals surface area contributed by atoms with Gasteiger partial charge in [-0.3, -0.25) is 20.2 Å². The number of anilines is 1. The third-order valence-electron chi connectivity index (χ3n) is 4.22. The number of non-ortho nitro benzene ring substituents is 1. The Morgan fingerprint density at radius 1 is 1.07 bits per heavy atom. The summed E-state index contributed by atoms with van der Waals surface area (Å²) in [6, 6.07) is 19.7. The molecule has 4 rings (SSSR count). The van der Waals surface area contributed by atoms with Gasteiger partial charge in [-0.1, -0.05) is 47.7 Å². The van der Waals surface area contributed by atoms with Crippen molar-refractivity contribution in [2.24, 2.45) is 0 Å². The summed E-state index contributed by atoms with van der Waals surface area (Å²) >= 11 is 1.28. The van der Waals surface area contributed by atoms with E-state index in [9.17, 15) is 14.9 Å². The molecule has 0 aliphatic rings. The molecule has 8 heteroatoms. The predicted molar refractivity (Wildman–Crippen MR) is 112 cm³/mol. The number of amides is 1. The summed E-state index contributed by atoms with van der Waals surface area (Å²) in [5.41, 5.74) is 0.818. The molecule has 1 N–H and O–H groups in total. The van der Waals surface area contributed by atoms with Gasteiger partial charge in [0.1, 0.15) is 5.75 Å². The van der Waals surface area contributed by atoms with Crippen LogP contribution in [0, 0.1) is 10.1 Å². The zero-order valence-corrected chi connectivity index (χ0v) is 15.9. The highest BCUT2D eigenvalue weighted by Gasteiger charge is 2.11. The largest absolute Gasteiger partial charge is 0.483 e. The molecule has 1 amide bonds. The summed E-state index contributed by atoms with van der Waals surface area (Å²) in [6.45, 7) is -0.138. The molecule has 0 aliphatic heterocycles. The molecule has 29 heavy (non-hydrogen) atoms. The van der Waals surface area contributed by atoms with E-state index < -0.39 is 4.92 Å². The maximum atomic E-state index is 12.2. The molecule has 1 aromatic heterocycles. The van der Waals surface area contributed by atoms with Gasteiger partial charge in [0.05, 0.1) is 9.80 Å². The minimum Gasteiger partial charge on any atom is -0.483 e. The van der Waals surface area contributed by atoms with Crippen LogP contribution in [0.4, 0.5) is 10.8 Å². The Morgan fingerprint density at radius 2 is 1.83 bits per heavy atom. The van der Waals surface area contributed by atoms with Crippen LogP contribution in [0.15, 0.2) is 72.9 Å². The molecular formula is C21H15N3O4S. The number of nitrogens with one attached hydrogen (secondary N) is 1. The van der Waals surface area contributed by atoms with E-state index in [1.165, 1.54) is 23.5 Å². The molecule has 144 valence electrons. The van der Waals surface area contributed by atoms with E-state index in [1.54, 1.807) is 18.3 Å². The lowest BCUT2D eigenvalue weighted by molar-refractivity contribution is -0.384. The molecule has 0 fully saturated rings. The van der Waals surface area contributed by atoms with Crippen LogP contribution in [-0.4, -0.2) is 22.4 Å². The fourth-order valence-corrected chi connectivity index (χ4v) is 3.67. The van der Waals surface area contributed by atoms with Crippen LogP contribution in [0.25, 0.3) is 21.2 Å². The van der Waals surface area contributed by atoms with Gasteiger partial charge in [0.25, 0.3) is 11.6 Å². The predicted octanol–water partition coefficient (Wildman–Crippen LogP) is 4.89. The van der Waals surface area contributed by atoms with Crippen LogP contribution < -0.4 is 10.1 Å². The van der Waals surface area contributed by atoms with Gasteiger partial charge in [-0.05, 0) is 29.1 Å². The number of nitro groups is 1. The smallest absolute Gasteiger partial charge is 0.269 e. The van der Waals surface area contributed by atoms with E-state index in [1.807, 2.05) is 42.5 Å². The number of nitrogens with zero attached hydrogens (tertiary/aromatic N) is 2. The van der Waals surface area contributed by atoms with Crippen molar-refractivity contribution in [2.75, 3.05) is 11.9 Å². The first kappa shape index (κ1) is 18.6. The summed E-state index contributed by atoms with van der Waals surface area (Å²) in [7, 11) is 0. The highest BCUT2D eigenvalue weighted by atomic mass is 32.1. The molecule has 0 bridgehead atoms. The standard InChI is InChI=1S/C21H15N3O4S/c25-20(13-28-18-7-3-5-14-4-1-2-6-17(14)18)23-21-22-12-19(29-21)15-8-10-16(11-9-15)24(26)27/h1-12H,13H2,(H,22,23,25). The fraction of sp³-hybridized carbons (Fsp3) is 0.0476. The van der Waals surface area contributed by atoms with Crippen molar-refractivity contribution in [3.8, 4) is 16.2 Å². The van der Waals surface area contributed by atoms with Crippen molar-refractivity contribution >= 4 is 38.8 Å². The third kappa shape index (κ3) is 4.22. The monoisotopic (exact) mass is 405 g/mol. The van der Waals surface area contributed by atoms with E-state index in [0.717, 1.165) is 21.2 Å². The molecule has 0 unspecified atom stereocenters. The van der Waals surface area contributed by atoms with Gasteiger partial charge >= 0.3 is 0 Å². The molecule has 7 nitrogen and oxygen atoms in total. The Bertz CT molecular complexity index is 1180. The molecule has 4 aromatic rings. The van der Waals surface area contributed by atoms with Gasteiger partial charge < -0.3 is 4.74 Å². The Labute approximate surface area is 169 Å². The highest BCUT2D eigenvalue weighted by molar-refractivity contribution is 7.19. The van der Waals surface area contributed by atoms with Gasteiger partial charge in [0.2, 0.25) is 0 Å². The fourth-order valence-electron chi connectivity index (χ4n) is 2.83. The Balaban J connectivity index is 1.39. The molecule has 0 saturated carbocycles. The van der Waals surface area contributed by atoms with Crippen molar-refractivity contribution in [1.29, 1.82) is 0 Å². The topological polar surface area (TPSA) is 94.4 Å². The minimum absolute atomic E-state index is 0.0253. The van der Waals surface area contributed by atoms with Gasteiger partial charge in [0.15, 0.2) is 11.7 Å². The van der Waals surface area contributed by atoms with Crippen LogP contribution in [-0.2, 0) is 4.79 Å².